The predicted octanol–water partition coefficient (Wildman–Crippen LogP) is 3.92. The van der Waals surface area contributed by atoms with Gasteiger partial charge in [0.05, 0.1) is 11.2 Å². The highest BCUT2D eigenvalue weighted by molar-refractivity contribution is 6.31. The molecule has 122 valence electrons. The number of anilines is 3. The van der Waals surface area contributed by atoms with Crippen LogP contribution < -0.4 is 16.4 Å². The van der Waals surface area contributed by atoms with Gasteiger partial charge in [-0.15, -0.1) is 0 Å². The van der Waals surface area contributed by atoms with E-state index in [1.807, 2.05) is 36.4 Å². The molecule has 0 atom stereocenters. The van der Waals surface area contributed by atoms with Crippen LogP contribution in [0.3, 0.4) is 0 Å². The Morgan fingerprint density at radius 3 is 2.67 bits per heavy atom. The Morgan fingerprint density at radius 2 is 1.83 bits per heavy atom. The third-order valence-corrected chi connectivity index (χ3v) is 4.56. The summed E-state index contributed by atoms with van der Waals surface area (Å²) in [6.45, 7) is 0. The highest BCUT2D eigenvalue weighted by atomic mass is 35.5. The molecular formula is C18H18ClN5. The van der Waals surface area contributed by atoms with Crippen LogP contribution in [-0.2, 0) is 0 Å². The van der Waals surface area contributed by atoms with Gasteiger partial charge >= 0.3 is 0 Å². The van der Waals surface area contributed by atoms with Gasteiger partial charge in [0.2, 0.25) is 0 Å². The first-order valence-electron chi connectivity index (χ1n) is 7.97. The van der Waals surface area contributed by atoms with Crippen molar-refractivity contribution in [2.24, 2.45) is 0 Å². The van der Waals surface area contributed by atoms with Gasteiger partial charge in [-0.05, 0) is 49.2 Å². The lowest BCUT2D eigenvalue weighted by Crippen LogP contribution is -2.44. The first-order chi connectivity index (χ1) is 11.7. The third-order valence-electron chi connectivity index (χ3n) is 4.32. The molecule has 4 rings (SSSR count). The Hall–Kier alpha value is -2.53. The van der Waals surface area contributed by atoms with Gasteiger partial charge in [-0.3, -0.25) is 0 Å². The number of hydrogen-bond donors (Lipinski definition) is 3. The molecule has 0 saturated heterocycles. The van der Waals surface area contributed by atoms with Crippen LogP contribution in [0.2, 0.25) is 5.02 Å². The van der Waals surface area contributed by atoms with Crippen molar-refractivity contribution in [2.75, 3.05) is 16.4 Å². The van der Waals surface area contributed by atoms with Crippen molar-refractivity contribution in [3.8, 4) is 0 Å². The number of pyridine rings is 2. The molecule has 1 saturated carbocycles. The Kier molecular flexibility index (Phi) is 3.86. The summed E-state index contributed by atoms with van der Waals surface area (Å²) < 4.78 is 0. The number of aromatic nitrogens is 2. The quantitative estimate of drug-likeness (QED) is 0.671. The molecule has 0 bridgehead atoms. The monoisotopic (exact) mass is 339 g/mol. The smallest absolute Gasteiger partial charge is 0.149 e. The van der Waals surface area contributed by atoms with E-state index in [1.54, 1.807) is 6.20 Å². The van der Waals surface area contributed by atoms with Crippen LogP contribution in [-0.4, -0.2) is 22.1 Å². The average molecular weight is 340 g/mol. The molecule has 1 aliphatic rings. The second-order valence-electron chi connectivity index (χ2n) is 6.13. The maximum Gasteiger partial charge on any atom is 0.149 e. The minimum absolute atomic E-state index is 0.384. The minimum Gasteiger partial charge on any atom is -0.396 e. The van der Waals surface area contributed by atoms with E-state index >= 15 is 0 Å². The van der Waals surface area contributed by atoms with E-state index in [0.717, 1.165) is 35.4 Å². The van der Waals surface area contributed by atoms with Crippen LogP contribution in [0.5, 0.6) is 0 Å². The number of hydrogen-bond acceptors (Lipinski definition) is 5. The summed E-state index contributed by atoms with van der Waals surface area (Å²) in [4.78, 5) is 8.90. The van der Waals surface area contributed by atoms with E-state index in [4.69, 9.17) is 17.3 Å². The second-order valence-corrected chi connectivity index (χ2v) is 6.57. The molecule has 1 aromatic carbocycles. The number of rotatable bonds is 4. The zero-order valence-corrected chi connectivity index (χ0v) is 13.8. The molecule has 5 nitrogen and oxygen atoms in total. The molecule has 2 aromatic heterocycles. The van der Waals surface area contributed by atoms with Crippen molar-refractivity contribution in [2.45, 2.75) is 24.9 Å². The van der Waals surface area contributed by atoms with Crippen LogP contribution in [0.4, 0.5) is 17.3 Å². The van der Waals surface area contributed by atoms with Crippen molar-refractivity contribution in [3.05, 3.63) is 53.7 Å². The Labute approximate surface area is 145 Å². The van der Waals surface area contributed by atoms with Crippen LogP contribution >= 0.6 is 11.6 Å². The number of nitrogens with two attached hydrogens (primary N) is 1. The van der Waals surface area contributed by atoms with Gasteiger partial charge in [0.25, 0.3) is 0 Å². The maximum atomic E-state index is 6.04. The largest absolute Gasteiger partial charge is 0.396 e. The molecule has 0 aliphatic heterocycles. The molecule has 0 radical (unpaired) electrons. The fourth-order valence-electron chi connectivity index (χ4n) is 2.97. The van der Waals surface area contributed by atoms with Gasteiger partial charge in [0.15, 0.2) is 0 Å². The van der Waals surface area contributed by atoms with E-state index in [1.165, 1.54) is 0 Å². The van der Waals surface area contributed by atoms with E-state index in [2.05, 4.69) is 26.7 Å². The lowest BCUT2D eigenvalue weighted by molar-refractivity contribution is 0.396. The molecule has 0 amide bonds. The summed E-state index contributed by atoms with van der Waals surface area (Å²) >= 11 is 6.04. The predicted molar refractivity (Wildman–Crippen MR) is 99.5 cm³/mol. The van der Waals surface area contributed by atoms with Crippen LogP contribution in [0, 0.1) is 0 Å². The topological polar surface area (TPSA) is 75.9 Å². The Morgan fingerprint density at radius 1 is 1.04 bits per heavy atom. The van der Waals surface area contributed by atoms with E-state index < -0.39 is 0 Å². The van der Waals surface area contributed by atoms with Crippen molar-refractivity contribution in [3.63, 3.8) is 0 Å². The minimum atomic E-state index is 0.384. The summed E-state index contributed by atoms with van der Waals surface area (Å²) in [6.07, 6.45) is 3.76. The normalized spacial score (nSPS) is 19.7. The van der Waals surface area contributed by atoms with Crippen molar-refractivity contribution < 1.29 is 0 Å². The number of nitrogens with zero attached hydrogens (tertiary/aromatic N) is 2. The highest BCUT2D eigenvalue weighted by Gasteiger charge is 2.29. The molecular weight excluding hydrogens is 322 g/mol. The lowest BCUT2D eigenvalue weighted by Gasteiger charge is -2.37. The van der Waals surface area contributed by atoms with Crippen LogP contribution in [0.1, 0.15) is 12.8 Å². The standard InChI is InChI=1S/C18H18ClN5/c19-12-5-3-11-4-6-17(24-16(11)8-12)22-13-9-14(10-13)23-18-15(20)2-1-7-21-18/h1-8,13-14H,9-10,20H2,(H,21,23)(H,22,24). The molecule has 4 N–H and O–H groups in total. The molecule has 0 unspecified atom stereocenters. The van der Waals surface area contributed by atoms with Gasteiger partial charge in [0.1, 0.15) is 11.6 Å². The number of benzene rings is 1. The van der Waals surface area contributed by atoms with Gasteiger partial charge in [-0.1, -0.05) is 17.7 Å². The number of fused-ring (bicyclic) bond motifs is 1. The summed E-state index contributed by atoms with van der Waals surface area (Å²) in [5.41, 5.74) is 7.50. The first-order valence-corrected chi connectivity index (χ1v) is 8.35. The molecule has 2 heterocycles. The average Bonchev–Trinajstić information content (AvgIpc) is 2.54. The molecule has 6 heteroatoms. The number of halogens is 1. The molecule has 1 fully saturated rings. The van der Waals surface area contributed by atoms with Gasteiger partial charge in [-0.2, -0.15) is 0 Å². The van der Waals surface area contributed by atoms with Gasteiger partial charge < -0.3 is 16.4 Å². The molecule has 0 spiro atoms. The summed E-state index contributed by atoms with van der Waals surface area (Å²) in [7, 11) is 0. The van der Waals surface area contributed by atoms with Gasteiger partial charge in [-0.25, -0.2) is 9.97 Å². The Balaban J connectivity index is 1.37. The summed E-state index contributed by atoms with van der Waals surface area (Å²) in [5, 5.41) is 8.65. The first kappa shape index (κ1) is 15.0. The van der Waals surface area contributed by atoms with E-state index in [-0.39, 0.29) is 0 Å². The summed E-state index contributed by atoms with van der Waals surface area (Å²) in [6, 6.07) is 14.3. The fourth-order valence-corrected chi connectivity index (χ4v) is 3.13. The number of nitrogen functional groups attached to an aromatic ring is 1. The molecule has 3 aromatic rings. The Bertz CT molecular complexity index is 876. The third kappa shape index (κ3) is 3.08. The second kappa shape index (κ2) is 6.17. The van der Waals surface area contributed by atoms with Crippen LogP contribution in [0.15, 0.2) is 48.7 Å². The van der Waals surface area contributed by atoms with Crippen molar-refractivity contribution >= 4 is 39.8 Å². The zero-order chi connectivity index (χ0) is 16.5. The zero-order valence-electron chi connectivity index (χ0n) is 13.0. The SMILES string of the molecule is Nc1cccnc1NC1CC(Nc2ccc3ccc(Cl)cc3n2)C1. The van der Waals surface area contributed by atoms with E-state index in [9.17, 15) is 0 Å². The van der Waals surface area contributed by atoms with Gasteiger partial charge in [0, 0.05) is 28.7 Å². The fraction of sp³-hybridized carbons (Fsp3) is 0.222. The van der Waals surface area contributed by atoms with Crippen LogP contribution in [0.25, 0.3) is 10.9 Å². The van der Waals surface area contributed by atoms with Crippen molar-refractivity contribution in [1.29, 1.82) is 0 Å². The highest BCUT2D eigenvalue weighted by Crippen LogP contribution is 2.28. The van der Waals surface area contributed by atoms with E-state index in [0.29, 0.717) is 22.8 Å². The molecule has 1 aliphatic carbocycles. The van der Waals surface area contributed by atoms with Crippen molar-refractivity contribution in [1.82, 2.24) is 9.97 Å². The summed E-state index contributed by atoms with van der Waals surface area (Å²) in [5.74, 6) is 1.64. The maximum absolute atomic E-state index is 6.04. The molecule has 24 heavy (non-hydrogen) atoms. The lowest BCUT2D eigenvalue weighted by atomic mass is 9.86. The number of nitrogens with one attached hydrogen (secondary N) is 2.